The van der Waals surface area contributed by atoms with Crippen LogP contribution in [0, 0.1) is 11.3 Å². The summed E-state index contributed by atoms with van der Waals surface area (Å²) in [5.41, 5.74) is 0.952. The lowest BCUT2D eigenvalue weighted by Crippen LogP contribution is -2.05. The summed E-state index contributed by atoms with van der Waals surface area (Å²) < 4.78 is 11.3. The van der Waals surface area contributed by atoms with E-state index in [0.717, 1.165) is 11.3 Å². The summed E-state index contributed by atoms with van der Waals surface area (Å²) in [5, 5.41) is 9.99. The van der Waals surface area contributed by atoms with E-state index in [9.17, 15) is 5.26 Å². The van der Waals surface area contributed by atoms with Crippen molar-refractivity contribution in [3.8, 4) is 17.6 Å². The molecule has 0 radical (unpaired) electrons. The van der Waals surface area contributed by atoms with Gasteiger partial charge < -0.3 is 9.47 Å². The summed E-state index contributed by atoms with van der Waals surface area (Å²) in [7, 11) is 0. The predicted molar refractivity (Wildman–Crippen MR) is 87.5 cm³/mol. The van der Waals surface area contributed by atoms with E-state index in [0.29, 0.717) is 30.4 Å². The standard InChI is InChI=1S/C18H18ClNO2/c1-2-21-17-5-3-4-6-18(17)22-12-11-15(13-20)14-7-9-16(19)10-8-14/h3-10,15H,2,11-12H2,1H3. The Labute approximate surface area is 136 Å². The number of halogens is 1. The molecule has 4 heteroatoms. The van der Waals surface area contributed by atoms with Crippen LogP contribution in [-0.4, -0.2) is 13.2 Å². The van der Waals surface area contributed by atoms with E-state index in [1.807, 2.05) is 43.3 Å². The molecule has 0 N–H and O–H groups in total. The molecule has 2 aromatic rings. The lowest BCUT2D eigenvalue weighted by atomic mass is 9.98. The molecule has 114 valence electrons. The first-order valence-electron chi connectivity index (χ1n) is 7.24. The molecule has 0 spiro atoms. The summed E-state index contributed by atoms with van der Waals surface area (Å²) in [6.07, 6.45) is 0.610. The molecule has 0 heterocycles. The van der Waals surface area contributed by atoms with Gasteiger partial charge in [-0.1, -0.05) is 35.9 Å². The second kappa shape index (κ2) is 8.31. The Bertz CT molecular complexity index is 634. The van der Waals surface area contributed by atoms with Gasteiger partial charge in [-0.15, -0.1) is 0 Å². The molecular weight excluding hydrogens is 298 g/mol. The fourth-order valence-electron chi connectivity index (χ4n) is 2.13. The highest BCUT2D eigenvalue weighted by Gasteiger charge is 2.11. The maximum absolute atomic E-state index is 9.32. The molecule has 22 heavy (non-hydrogen) atoms. The fourth-order valence-corrected chi connectivity index (χ4v) is 2.26. The quantitative estimate of drug-likeness (QED) is 0.736. The molecule has 0 aliphatic heterocycles. The van der Waals surface area contributed by atoms with Crippen molar-refractivity contribution in [3.63, 3.8) is 0 Å². The Kier molecular flexibility index (Phi) is 6.12. The topological polar surface area (TPSA) is 42.2 Å². The van der Waals surface area contributed by atoms with Crippen LogP contribution in [0.2, 0.25) is 5.02 Å². The minimum absolute atomic E-state index is 0.212. The molecule has 0 aliphatic rings. The van der Waals surface area contributed by atoms with E-state index >= 15 is 0 Å². The predicted octanol–water partition coefficient (Wildman–Crippen LogP) is 4.81. The second-order valence-corrected chi connectivity index (χ2v) is 5.19. The Morgan fingerprint density at radius 1 is 1.05 bits per heavy atom. The van der Waals surface area contributed by atoms with Gasteiger partial charge in [-0.25, -0.2) is 0 Å². The van der Waals surface area contributed by atoms with E-state index in [4.69, 9.17) is 21.1 Å². The first-order chi connectivity index (χ1) is 10.7. The molecular formula is C18H18ClNO2. The number of hydrogen-bond donors (Lipinski definition) is 0. The van der Waals surface area contributed by atoms with Crippen LogP contribution < -0.4 is 9.47 Å². The van der Waals surface area contributed by atoms with Gasteiger partial charge in [-0.05, 0) is 36.8 Å². The Hall–Kier alpha value is -2.18. The fraction of sp³-hybridized carbons (Fsp3) is 0.278. The molecule has 0 bridgehead atoms. The van der Waals surface area contributed by atoms with Crippen molar-refractivity contribution >= 4 is 11.6 Å². The monoisotopic (exact) mass is 315 g/mol. The molecule has 0 saturated carbocycles. The van der Waals surface area contributed by atoms with Crippen LogP contribution in [0.3, 0.4) is 0 Å². The Balaban J connectivity index is 1.95. The minimum atomic E-state index is -0.212. The van der Waals surface area contributed by atoms with Gasteiger partial charge in [0.1, 0.15) is 0 Å². The molecule has 3 nitrogen and oxygen atoms in total. The van der Waals surface area contributed by atoms with E-state index < -0.39 is 0 Å². The number of ether oxygens (including phenoxy) is 2. The van der Waals surface area contributed by atoms with Crippen LogP contribution in [0.1, 0.15) is 24.8 Å². The summed E-state index contributed by atoms with van der Waals surface area (Å²) in [6, 6.07) is 17.2. The zero-order valence-corrected chi connectivity index (χ0v) is 13.2. The van der Waals surface area contributed by atoms with Crippen molar-refractivity contribution in [2.75, 3.05) is 13.2 Å². The van der Waals surface area contributed by atoms with Gasteiger partial charge in [0.2, 0.25) is 0 Å². The largest absolute Gasteiger partial charge is 0.490 e. The highest BCUT2D eigenvalue weighted by molar-refractivity contribution is 6.30. The van der Waals surface area contributed by atoms with Crippen molar-refractivity contribution in [1.29, 1.82) is 5.26 Å². The third-order valence-corrected chi connectivity index (χ3v) is 3.49. The van der Waals surface area contributed by atoms with Crippen molar-refractivity contribution in [2.24, 2.45) is 0 Å². The van der Waals surface area contributed by atoms with Crippen molar-refractivity contribution in [2.45, 2.75) is 19.3 Å². The molecule has 1 atom stereocenters. The van der Waals surface area contributed by atoms with Crippen LogP contribution >= 0.6 is 11.6 Å². The molecule has 0 amide bonds. The normalized spacial score (nSPS) is 11.5. The van der Waals surface area contributed by atoms with E-state index in [2.05, 4.69) is 6.07 Å². The van der Waals surface area contributed by atoms with Gasteiger partial charge in [-0.3, -0.25) is 0 Å². The van der Waals surface area contributed by atoms with Gasteiger partial charge in [0.25, 0.3) is 0 Å². The van der Waals surface area contributed by atoms with E-state index in [-0.39, 0.29) is 5.92 Å². The summed E-state index contributed by atoms with van der Waals surface area (Å²) >= 11 is 5.87. The lowest BCUT2D eigenvalue weighted by Gasteiger charge is -2.13. The first kappa shape index (κ1) is 16.2. The third kappa shape index (κ3) is 4.41. The summed E-state index contributed by atoms with van der Waals surface area (Å²) in [4.78, 5) is 0. The summed E-state index contributed by atoms with van der Waals surface area (Å²) in [5.74, 6) is 1.22. The SMILES string of the molecule is CCOc1ccccc1OCCC(C#N)c1ccc(Cl)cc1. The Morgan fingerprint density at radius 3 is 2.27 bits per heavy atom. The number of para-hydroxylation sites is 2. The maximum atomic E-state index is 9.32. The zero-order chi connectivity index (χ0) is 15.8. The molecule has 0 saturated heterocycles. The maximum Gasteiger partial charge on any atom is 0.161 e. The van der Waals surface area contributed by atoms with Gasteiger partial charge >= 0.3 is 0 Å². The highest BCUT2D eigenvalue weighted by atomic mass is 35.5. The average Bonchev–Trinajstić information content (AvgIpc) is 2.54. The lowest BCUT2D eigenvalue weighted by molar-refractivity contribution is 0.271. The molecule has 2 rings (SSSR count). The van der Waals surface area contributed by atoms with Gasteiger partial charge in [0.15, 0.2) is 11.5 Å². The number of benzene rings is 2. The summed E-state index contributed by atoms with van der Waals surface area (Å²) in [6.45, 7) is 2.97. The number of rotatable bonds is 7. The van der Waals surface area contributed by atoms with Gasteiger partial charge in [0.05, 0.1) is 25.2 Å². The molecule has 0 fully saturated rings. The number of nitriles is 1. The molecule has 1 unspecified atom stereocenters. The number of hydrogen-bond acceptors (Lipinski definition) is 3. The Morgan fingerprint density at radius 2 is 1.68 bits per heavy atom. The van der Waals surface area contributed by atoms with E-state index in [1.54, 1.807) is 12.1 Å². The smallest absolute Gasteiger partial charge is 0.161 e. The van der Waals surface area contributed by atoms with Gasteiger partial charge in [-0.2, -0.15) is 5.26 Å². The molecule has 0 aromatic heterocycles. The van der Waals surface area contributed by atoms with Gasteiger partial charge in [0, 0.05) is 11.4 Å². The number of nitrogens with zero attached hydrogens (tertiary/aromatic N) is 1. The minimum Gasteiger partial charge on any atom is -0.490 e. The highest BCUT2D eigenvalue weighted by Crippen LogP contribution is 2.27. The van der Waals surface area contributed by atoms with Crippen molar-refractivity contribution in [1.82, 2.24) is 0 Å². The third-order valence-electron chi connectivity index (χ3n) is 3.24. The van der Waals surface area contributed by atoms with Crippen LogP contribution in [0.5, 0.6) is 11.5 Å². The second-order valence-electron chi connectivity index (χ2n) is 4.75. The van der Waals surface area contributed by atoms with Crippen molar-refractivity contribution < 1.29 is 9.47 Å². The zero-order valence-electron chi connectivity index (χ0n) is 12.5. The van der Waals surface area contributed by atoms with E-state index in [1.165, 1.54) is 0 Å². The van der Waals surface area contributed by atoms with Crippen LogP contribution in [0.25, 0.3) is 0 Å². The van der Waals surface area contributed by atoms with Crippen molar-refractivity contribution in [3.05, 3.63) is 59.1 Å². The molecule has 2 aromatic carbocycles. The van der Waals surface area contributed by atoms with Crippen LogP contribution in [0.15, 0.2) is 48.5 Å². The molecule has 0 aliphatic carbocycles. The van der Waals surface area contributed by atoms with Crippen LogP contribution in [0.4, 0.5) is 0 Å². The average molecular weight is 316 g/mol. The first-order valence-corrected chi connectivity index (χ1v) is 7.62. The van der Waals surface area contributed by atoms with Crippen LogP contribution in [-0.2, 0) is 0 Å².